The maximum atomic E-state index is 13.0. The van der Waals surface area contributed by atoms with E-state index in [1.54, 1.807) is 26.4 Å². The highest BCUT2D eigenvalue weighted by molar-refractivity contribution is 5.99. The molecule has 138 valence electrons. The van der Waals surface area contributed by atoms with E-state index in [9.17, 15) is 4.79 Å². The van der Waals surface area contributed by atoms with Gasteiger partial charge in [0.2, 0.25) is 0 Å². The molecule has 0 spiro atoms. The van der Waals surface area contributed by atoms with Crippen LogP contribution in [-0.4, -0.2) is 51.2 Å². The second kappa shape index (κ2) is 8.23. The van der Waals surface area contributed by atoms with Gasteiger partial charge in [-0.05, 0) is 24.6 Å². The number of hydrogen-bond acceptors (Lipinski definition) is 3. The number of ether oxygens (including phenoxy) is 2. The Hall–Kier alpha value is -2.53. The van der Waals surface area contributed by atoms with Crippen molar-refractivity contribution in [3.05, 3.63) is 59.2 Å². The van der Waals surface area contributed by atoms with Crippen LogP contribution in [0.3, 0.4) is 0 Å². The van der Waals surface area contributed by atoms with Crippen LogP contribution in [0, 0.1) is 6.92 Å². The van der Waals surface area contributed by atoms with Crippen LogP contribution in [0.4, 0.5) is 0 Å². The molecule has 5 nitrogen and oxygen atoms in total. The van der Waals surface area contributed by atoms with Crippen molar-refractivity contribution >= 4 is 5.91 Å². The summed E-state index contributed by atoms with van der Waals surface area (Å²) in [6, 6.07) is 14.0. The highest BCUT2D eigenvalue weighted by atomic mass is 16.5. The molecule has 0 atom stereocenters. The van der Waals surface area contributed by atoms with Crippen LogP contribution in [0.25, 0.3) is 0 Å². The Morgan fingerprint density at radius 1 is 1.00 bits per heavy atom. The van der Waals surface area contributed by atoms with Crippen molar-refractivity contribution in [1.29, 1.82) is 0 Å². The summed E-state index contributed by atoms with van der Waals surface area (Å²) in [6.07, 6.45) is 0. The van der Waals surface area contributed by atoms with Crippen LogP contribution in [0.5, 0.6) is 11.5 Å². The first-order valence-electron chi connectivity index (χ1n) is 9.02. The molecule has 1 N–H and O–H groups in total. The topological polar surface area (TPSA) is 43.2 Å². The number of carbonyl (C=O) groups is 1. The SMILES string of the molecule is COc1cccc(OC)c1C(=O)N1CC[NH+](Cc2ccccc2C)CC1. The lowest BCUT2D eigenvalue weighted by atomic mass is 10.1. The second-order valence-electron chi connectivity index (χ2n) is 6.68. The van der Waals surface area contributed by atoms with Crippen molar-refractivity contribution in [2.24, 2.45) is 0 Å². The molecule has 0 bridgehead atoms. The minimum Gasteiger partial charge on any atom is -0.496 e. The largest absolute Gasteiger partial charge is 0.496 e. The van der Waals surface area contributed by atoms with E-state index in [0.29, 0.717) is 17.1 Å². The van der Waals surface area contributed by atoms with E-state index in [1.165, 1.54) is 16.0 Å². The van der Waals surface area contributed by atoms with Crippen molar-refractivity contribution in [2.75, 3.05) is 40.4 Å². The molecule has 1 amide bonds. The predicted octanol–water partition coefficient (Wildman–Crippen LogP) is 1.55. The fourth-order valence-electron chi connectivity index (χ4n) is 3.50. The van der Waals surface area contributed by atoms with Crippen molar-refractivity contribution in [3.8, 4) is 11.5 Å². The minimum atomic E-state index is -0.0192. The van der Waals surface area contributed by atoms with Crippen LogP contribution in [0.1, 0.15) is 21.5 Å². The van der Waals surface area contributed by atoms with Gasteiger partial charge in [0, 0.05) is 5.56 Å². The Labute approximate surface area is 155 Å². The van der Waals surface area contributed by atoms with Gasteiger partial charge in [-0.15, -0.1) is 0 Å². The third kappa shape index (κ3) is 3.83. The van der Waals surface area contributed by atoms with Gasteiger partial charge >= 0.3 is 0 Å². The molecular weight excluding hydrogens is 328 g/mol. The zero-order chi connectivity index (χ0) is 18.5. The number of piperazine rings is 1. The lowest BCUT2D eigenvalue weighted by molar-refractivity contribution is -0.917. The molecule has 0 aromatic heterocycles. The number of rotatable bonds is 5. The van der Waals surface area contributed by atoms with E-state index < -0.39 is 0 Å². The molecule has 1 heterocycles. The summed E-state index contributed by atoms with van der Waals surface area (Å²) in [6.45, 7) is 6.52. The standard InChI is InChI=1S/C21H26N2O3/c1-16-7-4-5-8-17(16)15-22-11-13-23(14-12-22)21(24)20-18(25-2)9-6-10-19(20)26-3/h4-10H,11-15H2,1-3H3/p+1. The summed E-state index contributed by atoms with van der Waals surface area (Å²) in [5.74, 6) is 1.10. The first kappa shape index (κ1) is 18.3. The van der Waals surface area contributed by atoms with E-state index >= 15 is 0 Å². The van der Waals surface area contributed by atoms with Gasteiger partial charge < -0.3 is 19.3 Å². The van der Waals surface area contributed by atoms with E-state index in [0.717, 1.165) is 32.7 Å². The summed E-state index contributed by atoms with van der Waals surface area (Å²) in [4.78, 5) is 16.4. The fourth-order valence-corrected chi connectivity index (χ4v) is 3.50. The maximum absolute atomic E-state index is 13.0. The van der Waals surface area contributed by atoms with Crippen LogP contribution >= 0.6 is 0 Å². The molecule has 26 heavy (non-hydrogen) atoms. The summed E-state index contributed by atoms with van der Waals surface area (Å²) in [5.41, 5.74) is 3.23. The normalized spacial score (nSPS) is 15.0. The number of nitrogens with zero attached hydrogens (tertiary/aromatic N) is 1. The Bertz CT molecular complexity index is 745. The number of quaternary nitrogens is 1. The van der Waals surface area contributed by atoms with Crippen LogP contribution < -0.4 is 14.4 Å². The number of amides is 1. The molecule has 0 saturated carbocycles. The van der Waals surface area contributed by atoms with Crippen molar-refractivity contribution < 1.29 is 19.2 Å². The lowest BCUT2D eigenvalue weighted by Gasteiger charge is -2.33. The molecule has 1 saturated heterocycles. The molecule has 2 aromatic carbocycles. The highest BCUT2D eigenvalue weighted by Gasteiger charge is 2.28. The van der Waals surface area contributed by atoms with Gasteiger partial charge in [-0.3, -0.25) is 4.79 Å². The zero-order valence-corrected chi connectivity index (χ0v) is 15.7. The molecular formula is C21H27N2O3+. The van der Waals surface area contributed by atoms with Gasteiger partial charge in [0.05, 0.1) is 40.4 Å². The van der Waals surface area contributed by atoms with Crippen LogP contribution in [0.2, 0.25) is 0 Å². The first-order valence-corrected chi connectivity index (χ1v) is 9.02. The Kier molecular flexibility index (Phi) is 5.78. The van der Waals surface area contributed by atoms with E-state index in [1.807, 2.05) is 11.0 Å². The molecule has 0 unspecified atom stereocenters. The van der Waals surface area contributed by atoms with E-state index in [-0.39, 0.29) is 5.91 Å². The van der Waals surface area contributed by atoms with Gasteiger partial charge in [0.15, 0.2) is 0 Å². The monoisotopic (exact) mass is 355 g/mol. The third-order valence-electron chi connectivity index (χ3n) is 5.10. The average molecular weight is 355 g/mol. The summed E-state index contributed by atoms with van der Waals surface area (Å²) in [5, 5.41) is 0. The van der Waals surface area contributed by atoms with E-state index in [4.69, 9.17) is 9.47 Å². The number of methoxy groups -OCH3 is 2. The number of aryl methyl sites for hydroxylation is 1. The van der Waals surface area contributed by atoms with Crippen LogP contribution in [-0.2, 0) is 6.54 Å². The van der Waals surface area contributed by atoms with Gasteiger partial charge in [-0.1, -0.05) is 30.3 Å². The third-order valence-corrected chi connectivity index (χ3v) is 5.10. The molecule has 1 aliphatic rings. The van der Waals surface area contributed by atoms with Gasteiger partial charge in [0.25, 0.3) is 5.91 Å². The quantitative estimate of drug-likeness (QED) is 0.885. The number of benzene rings is 2. The molecule has 2 aromatic rings. The first-order chi connectivity index (χ1) is 12.6. The molecule has 1 fully saturated rings. The van der Waals surface area contributed by atoms with E-state index in [2.05, 4.69) is 31.2 Å². The molecule has 3 rings (SSSR count). The predicted molar refractivity (Wildman–Crippen MR) is 101 cm³/mol. The van der Waals surface area contributed by atoms with Crippen molar-refractivity contribution in [3.63, 3.8) is 0 Å². The second-order valence-corrected chi connectivity index (χ2v) is 6.68. The molecule has 0 aliphatic carbocycles. The summed E-state index contributed by atoms with van der Waals surface area (Å²) < 4.78 is 10.8. The van der Waals surface area contributed by atoms with Gasteiger partial charge in [-0.25, -0.2) is 0 Å². The smallest absolute Gasteiger partial charge is 0.261 e. The Balaban J connectivity index is 1.67. The highest BCUT2D eigenvalue weighted by Crippen LogP contribution is 2.29. The Morgan fingerprint density at radius 2 is 1.62 bits per heavy atom. The summed E-state index contributed by atoms with van der Waals surface area (Å²) in [7, 11) is 3.16. The minimum absolute atomic E-state index is 0.0192. The number of hydrogen-bond donors (Lipinski definition) is 1. The van der Waals surface area contributed by atoms with Crippen molar-refractivity contribution in [2.45, 2.75) is 13.5 Å². The zero-order valence-electron chi connectivity index (χ0n) is 15.7. The van der Waals surface area contributed by atoms with Crippen LogP contribution in [0.15, 0.2) is 42.5 Å². The van der Waals surface area contributed by atoms with Crippen molar-refractivity contribution in [1.82, 2.24) is 4.90 Å². The Morgan fingerprint density at radius 3 is 2.19 bits per heavy atom. The average Bonchev–Trinajstić information content (AvgIpc) is 2.69. The fraction of sp³-hybridized carbons (Fsp3) is 0.381. The maximum Gasteiger partial charge on any atom is 0.261 e. The molecule has 1 aliphatic heterocycles. The summed E-state index contributed by atoms with van der Waals surface area (Å²) >= 11 is 0. The lowest BCUT2D eigenvalue weighted by Crippen LogP contribution is -3.13. The molecule has 0 radical (unpaired) electrons. The number of carbonyl (C=O) groups excluding carboxylic acids is 1. The molecule has 5 heteroatoms. The van der Waals surface area contributed by atoms with Gasteiger partial charge in [-0.2, -0.15) is 0 Å². The van der Waals surface area contributed by atoms with Gasteiger partial charge in [0.1, 0.15) is 23.6 Å². The number of nitrogens with one attached hydrogen (secondary N) is 1.